The molecule has 0 fully saturated rings. The van der Waals surface area contributed by atoms with E-state index in [1.54, 1.807) is 31.4 Å². The Morgan fingerprint density at radius 3 is 2.26 bits per heavy atom. The molecule has 2 atom stereocenters. The Hall–Kier alpha value is -1.90. The number of hydrogen-bond donors (Lipinski definition) is 2. The summed E-state index contributed by atoms with van der Waals surface area (Å²) in [5.41, 5.74) is 1.55. The highest BCUT2D eigenvalue weighted by Gasteiger charge is 2.30. The number of anilines is 1. The zero-order valence-electron chi connectivity index (χ0n) is 10.5. The van der Waals surface area contributed by atoms with E-state index in [1.807, 2.05) is 30.3 Å². The predicted octanol–water partition coefficient (Wildman–Crippen LogP) is 3.54. The van der Waals surface area contributed by atoms with Crippen molar-refractivity contribution in [2.24, 2.45) is 0 Å². The quantitative estimate of drug-likeness (QED) is 0.820. The molecule has 0 aromatic heterocycles. The zero-order chi connectivity index (χ0) is 13.7. The van der Waals surface area contributed by atoms with Crippen molar-refractivity contribution >= 4 is 13.7 Å². The molecule has 0 aliphatic heterocycles. The Kier molecular flexibility index (Phi) is 4.50. The van der Waals surface area contributed by atoms with E-state index < -0.39 is 13.8 Å². The molecule has 98 valence electrons. The van der Waals surface area contributed by atoms with Crippen LogP contribution in [0.2, 0.25) is 0 Å². The molecule has 0 heterocycles. The Morgan fingerprint density at radius 1 is 1.11 bits per heavy atom. The molecule has 0 radical (unpaired) electrons. The second-order valence-electron chi connectivity index (χ2n) is 3.99. The van der Waals surface area contributed by atoms with Crippen molar-refractivity contribution in [3.8, 4) is 5.75 Å². The van der Waals surface area contributed by atoms with Crippen LogP contribution < -0.4 is 10.1 Å². The molecule has 4 nitrogen and oxygen atoms in total. The van der Waals surface area contributed by atoms with Gasteiger partial charge >= 0.3 is 8.03 Å². The van der Waals surface area contributed by atoms with Crippen LogP contribution in [0.15, 0.2) is 54.6 Å². The molecule has 2 N–H and O–H groups in total. The molecule has 5 heteroatoms. The minimum atomic E-state index is -2.38. The molecule has 0 amide bonds. The number of rotatable bonds is 5. The van der Waals surface area contributed by atoms with Gasteiger partial charge in [0.2, 0.25) is 0 Å². The lowest BCUT2D eigenvalue weighted by atomic mass is 10.2. The molecule has 0 aliphatic carbocycles. The van der Waals surface area contributed by atoms with E-state index in [4.69, 9.17) is 4.74 Å². The summed E-state index contributed by atoms with van der Waals surface area (Å²) in [5, 5.41) is 3.06. The highest BCUT2D eigenvalue weighted by Crippen LogP contribution is 2.38. The molecule has 0 aliphatic rings. The van der Waals surface area contributed by atoms with E-state index >= 15 is 0 Å². The van der Waals surface area contributed by atoms with Crippen LogP contribution in [0.3, 0.4) is 0 Å². The van der Waals surface area contributed by atoms with Crippen molar-refractivity contribution in [1.29, 1.82) is 0 Å². The van der Waals surface area contributed by atoms with Gasteiger partial charge in [-0.15, -0.1) is 0 Å². The third kappa shape index (κ3) is 3.53. The third-order valence-electron chi connectivity index (χ3n) is 2.73. The molecule has 0 bridgehead atoms. The fraction of sp³-hybridized carbons (Fsp3) is 0.143. The minimum Gasteiger partial charge on any atom is -0.497 e. The fourth-order valence-electron chi connectivity index (χ4n) is 1.74. The van der Waals surface area contributed by atoms with Gasteiger partial charge in [-0.1, -0.05) is 18.2 Å². The van der Waals surface area contributed by atoms with E-state index in [0.29, 0.717) is 0 Å². The summed E-state index contributed by atoms with van der Waals surface area (Å²) in [4.78, 5) is 9.47. The minimum absolute atomic E-state index is 0.636. The monoisotopic (exact) mass is 276 g/mol. The van der Waals surface area contributed by atoms with Gasteiger partial charge in [0.15, 0.2) is 0 Å². The van der Waals surface area contributed by atoms with Gasteiger partial charge in [0.05, 0.1) is 7.11 Å². The number of ether oxygens (including phenoxy) is 1. The maximum Gasteiger partial charge on any atom is 0.535 e. The van der Waals surface area contributed by atoms with Crippen LogP contribution in [0.25, 0.3) is 0 Å². The molecule has 2 unspecified atom stereocenters. The summed E-state index contributed by atoms with van der Waals surface area (Å²) < 4.78 is 16.6. The standard InChI is InChI=1S/C14H14NO3P/c1-18-13-9-7-11(8-10-13)14(19(16)17)15-12-5-3-2-4-6-12/h2-10,14-15H,1H3/p+1. The van der Waals surface area contributed by atoms with Crippen LogP contribution in [0.4, 0.5) is 5.69 Å². The summed E-state index contributed by atoms with van der Waals surface area (Å²) in [6.45, 7) is 0. The Labute approximate surface area is 112 Å². The van der Waals surface area contributed by atoms with Gasteiger partial charge in [-0.05, 0) is 41.0 Å². The summed E-state index contributed by atoms with van der Waals surface area (Å²) >= 11 is 0. The van der Waals surface area contributed by atoms with E-state index in [-0.39, 0.29) is 0 Å². The highest BCUT2D eigenvalue weighted by atomic mass is 31.1. The predicted molar refractivity (Wildman–Crippen MR) is 75.6 cm³/mol. The number of methoxy groups -OCH3 is 1. The van der Waals surface area contributed by atoms with Gasteiger partial charge in [-0.2, -0.15) is 4.89 Å². The SMILES string of the molecule is COc1ccc(C(Nc2ccccc2)[P+](=O)O)cc1. The van der Waals surface area contributed by atoms with Gasteiger partial charge in [0.25, 0.3) is 5.78 Å². The van der Waals surface area contributed by atoms with Crippen molar-refractivity contribution in [3.05, 3.63) is 60.2 Å². The van der Waals surface area contributed by atoms with Crippen molar-refractivity contribution in [2.75, 3.05) is 12.4 Å². The first-order valence-electron chi connectivity index (χ1n) is 5.81. The molecule has 0 saturated carbocycles. The molecule has 19 heavy (non-hydrogen) atoms. The molecular formula is C14H15NO3P+. The Balaban J connectivity index is 2.22. The fourth-order valence-corrected chi connectivity index (χ4v) is 2.43. The van der Waals surface area contributed by atoms with Crippen molar-refractivity contribution in [3.63, 3.8) is 0 Å². The lowest BCUT2D eigenvalue weighted by Crippen LogP contribution is -2.06. The van der Waals surface area contributed by atoms with Gasteiger partial charge in [-0.25, -0.2) is 0 Å². The average Bonchev–Trinajstić information content (AvgIpc) is 2.46. The molecular weight excluding hydrogens is 261 g/mol. The first-order chi connectivity index (χ1) is 9.20. The molecule has 0 saturated heterocycles. The molecule has 2 aromatic rings. The van der Waals surface area contributed by atoms with Crippen LogP contribution in [-0.4, -0.2) is 12.0 Å². The largest absolute Gasteiger partial charge is 0.535 e. The van der Waals surface area contributed by atoms with Gasteiger partial charge in [0, 0.05) is 11.3 Å². The third-order valence-corrected chi connectivity index (χ3v) is 3.60. The first kappa shape index (κ1) is 13.5. The van der Waals surface area contributed by atoms with Crippen LogP contribution in [0.5, 0.6) is 5.75 Å². The van der Waals surface area contributed by atoms with Crippen LogP contribution in [-0.2, 0) is 4.57 Å². The van der Waals surface area contributed by atoms with E-state index in [0.717, 1.165) is 17.0 Å². The zero-order valence-corrected chi connectivity index (χ0v) is 11.4. The lowest BCUT2D eigenvalue weighted by Gasteiger charge is -2.10. The highest BCUT2D eigenvalue weighted by molar-refractivity contribution is 7.38. The van der Waals surface area contributed by atoms with Crippen LogP contribution in [0.1, 0.15) is 11.3 Å². The van der Waals surface area contributed by atoms with Gasteiger partial charge < -0.3 is 10.1 Å². The number of nitrogens with one attached hydrogen (secondary N) is 1. The molecule has 2 aromatic carbocycles. The second-order valence-corrected chi connectivity index (χ2v) is 5.11. The first-order valence-corrected chi connectivity index (χ1v) is 7.09. The summed E-state index contributed by atoms with van der Waals surface area (Å²) in [6.07, 6.45) is 0. The number of benzene rings is 2. The van der Waals surface area contributed by atoms with E-state index in [2.05, 4.69) is 5.32 Å². The number of para-hydroxylation sites is 1. The summed E-state index contributed by atoms with van der Waals surface area (Å²) in [6, 6.07) is 16.5. The molecule has 0 spiro atoms. The second kappa shape index (κ2) is 6.32. The normalized spacial score (nSPS) is 12.6. The van der Waals surface area contributed by atoms with E-state index in [1.165, 1.54) is 0 Å². The molecule has 2 rings (SSSR count). The summed E-state index contributed by atoms with van der Waals surface area (Å²) in [7, 11) is -0.795. The summed E-state index contributed by atoms with van der Waals surface area (Å²) in [5.74, 6) is 0.0821. The van der Waals surface area contributed by atoms with Crippen molar-refractivity contribution < 1.29 is 14.2 Å². The van der Waals surface area contributed by atoms with Crippen LogP contribution >= 0.6 is 8.03 Å². The average molecular weight is 276 g/mol. The number of hydrogen-bond acceptors (Lipinski definition) is 3. The maximum atomic E-state index is 11.5. The Bertz CT molecular complexity index is 542. The van der Waals surface area contributed by atoms with Crippen molar-refractivity contribution in [2.45, 2.75) is 5.78 Å². The van der Waals surface area contributed by atoms with Gasteiger partial charge in [-0.3, -0.25) is 0 Å². The van der Waals surface area contributed by atoms with Gasteiger partial charge in [0.1, 0.15) is 5.75 Å². The maximum absolute atomic E-state index is 11.5. The topological polar surface area (TPSA) is 58.6 Å². The van der Waals surface area contributed by atoms with Crippen molar-refractivity contribution in [1.82, 2.24) is 0 Å². The Morgan fingerprint density at radius 2 is 1.74 bits per heavy atom. The lowest BCUT2D eigenvalue weighted by molar-refractivity contribution is 0.414. The van der Waals surface area contributed by atoms with E-state index in [9.17, 15) is 9.46 Å². The van der Waals surface area contributed by atoms with Crippen LogP contribution in [0, 0.1) is 0 Å². The smallest absolute Gasteiger partial charge is 0.497 e.